The Bertz CT molecular complexity index is 978. The molecule has 0 spiro atoms. The van der Waals surface area contributed by atoms with E-state index in [1.807, 2.05) is 42.7 Å². The van der Waals surface area contributed by atoms with Crippen LogP contribution >= 0.6 is 0 Å². The highest BCUT2D eigenvalue weighted by Crippen LogP contribution is 2.24. The number of aromatic nitrogens is 2. The maximum atomic E-state index is 12.0. The molecule has 1 aromatic carbocycles. The maximum absolute atomic E-state index is 12.0. The van der Waals surface area contributed by atoms with E-state index in [0.717, 1.165) is 57.2 Å². The lowest BCUT2D eigenvalue weighted by molar-refractivity contribution is 0.341. The highest BCUT2D eigenvalue weighted by atomic mass is 32.2. The Hall–Kier alpha value is -2.43. The first-order valence-electron chi connectivity index (χ1n) is 11.7. The van der Waals surface area contributed by atoms with E-state index in [1.165, 1.54) is 31.2 Å². The van der Waals surface area contributed by atoms with Gasteiger partial charge in [0, 0.05) is 70.1 Å². The summed E-state index contributed by atoms with van der Waals surface area (Å²) < 4.78 is 27.7. The minimum atomic E-state index is -3.48. The monoisotopic (exact) mass is 473 g/mol. The topological polar surface area (TPSA) is 93.7 Å². The van der Waals surface area contributed by atoms with Crippen LogP contribution in [-0.2, 0) is 10.2 Å². The summed E-state index contributed by atoms with van der Waals surface area (Å²) in [6.07, 6.45) is 8.27. The molecule has 2 N–H and O–H groups in total. The quantitative estimate of drug-likeness (QED) is 0.607. The first-order valence-corrected chi connectivity index (χ1v) is 13.2. The smallest absolute Gasteiger partial charge is 0.301 e. The zero-order valence-electron chi connectivity index (χ0n) is 19.5. The number of piperidine rings is 2. The van der Waals surface area contributed by atoms with Crippen LogP contribution in [-0.4, -0.2) is 75.6 Å². The van der Waals surface area contributed by atoms with Crippen LogP contribution in [0.5, 0.6) is 0 Å². The molecular formula is C23H35N7O2S. The summed E-state index contributed by atoms with van der Waals surface area (Å²) >= 11 is 0. The molecule has 180 valence electrons. The summed E-state index contributed by atoms with van der Waals surface area (Å²) in [6, 6.07) is 10.0. The van der Waals surface area contributed by atoms with Crippen molar-refractivity contribution in [1.82, 2.24) is 19.6 Å². The van der Waals surface area contributed by atoms with E-state index < -0.39 is 10.2 Å². The normalized spacial score (nSPS) is 20.3. The molecule has 9 nitrogen and oxygen atoms in total. The van der Waals surface area contributed by atoms with Gasteiger partial charge in [-0.05, 0) is 68.5 Å². The molecule has 2 aliphatic rings. The molecule has 0 saturated carbocycles. The predicted molar refractivity (Wildman–Crippen MR) is 133 cm³/mol. The zero-order chi connectivity index (χ0) is 23.3. The third-order valence-electron chi connectivity index (χ3n) is 6.50. The van der Waals surface area contributed by atoms with Gasteiger partial charge in [0.2, 0.25) is 5.95 Å². The van der Waals surface area contributed by atoms with E-state index in [-0.39, 0.29) is 0 Å². The predicted octanol–water partition coefficient (Wildman–Crippen LogP) is 2.17. The molecule has 2 fully saturated rings. The molecule has 1 atom stereocenters. The van der Waals surface area contributed by atoms with Crippen LogP contribution in [0.2, 0.25) is 0 Å². The van der Waals surface area contributed by atoms with Crippen LogP contribution in [0.15, 0.2) is 42.7 Å². The lowest BCUT2D eigenvalue weighted by Crippen LogP contribution is -2.46. The second-order valence-electron chi connectivity index (χ2n) is 9.11. The Morgan fingerprint density at radius 2 is 1.70 bits per heavy atom. The van der Waals surface area contributed by atoms with Crippen molar-refractivity contribution in [2.24, 2.45) is 5.92 Å². The fourth-order valence-electron chi connectivity index (χ4n) is 4.52. The molecule has 4 rings (SSSR count). The van der Waals surface area contributed by atoms with Gasteiger partial charge in [-0.25, -0.2) is 9.97 Å². The summed E-state index contributed by atoms with van der Waals surface area (Å²) in [5.41, 5.74) is 1.71. The largest absolute Gasteiger partial charge is 0.371 e. The Kier molecular flexibility index (Phi) is 7.67. The Morgan fingerprint density at radius 3 is 2.36 bits per heavy atom. The van der Waals surface area contributed by atoms with Gasteiger partial charge in [0.1, 0.15) is 0 Å². The van der Waals surface area contributed by atoms with Crippen LogP contribution in [0.25, 0.3) is 0 Å². The summed E-state index contributed by atoms with van der Waals surface area (Å²) in [5.74, 6) is 1.47. The maximum Gasteiger partial charge on any atom is 0.301 e. The molecule has 33 heavy (non-hydrogen) atoms. The van der Waals surface area contributed by atoms with Crippen molar-refractivity contribution in [2.75, 3.05) is 61.3 Å². The molecule has 0 aliphatic carbocycles. The third-order valence-corrected chi connectivity index (χ3v) is 7.96. The van der Waals surface area contributed by atoms with E-state index in [4.69, 9.17) is 0 Å². The van der Waals surface area contributed by atoms with Crippen molar-refractivity contribution < 1.29 is 8.42 Å². The molecule has 2 saturated heterocycles. The molecule has 3 heterocycles. The van der Waals surface area contributed by atoms with Crippen molar-refractivity contribution in [3.63, 3.8) is 0 Å². The van der Waals surface area contributed by atoms with Crippen LogP contribution in [0.4, 0.5) is 17.3 Å². The highest BCUT2D eigenvalue weighted by Gasteiger charge is 2.24. The van der Waals surface area contributed by atoms with Gasteiger partial charge < -0.3 is 15.1 Å². The first-order chi connectivity index (χ1) is 15.9. The number of rotatable bonds is 8. The number of benzene rings is 1. The Labute approximate surface area is 197 Å². The first kappa shape index (κ1) is 23.7. The van der Waals surface area contributed by atoms with Gasteiger partial charge in [0.25, 0.3) is 0 Å². The molecule has 2 aromatic rings. The zero-order valence-corrected chi connectivity index (χ0v) is 20.3. The number of nitrogens with zero attached hydrogens (tertiary/aromatic N) is 5. The number of anilines is 3. The molecule has 0 unspecified atom stereocenters. The van der Waals surface area contributed by atoms with Crippen LogP contribution in [0, 0.1) is 5.92 Å². The van der Waals surface area contributed by atoms with E-state index in [0.29, 0.717) is 17.6 Å². The summed E-state index contributed by atoms with van der Waals surface area (Å²) in [4.78, 5) is 13.5. The van der Waals surface area contributed by atoms with E-state index in [9.17, 15) is 8.42 Å². The van der Waals surface area contributed by atoms with Crippen molar-refractivity contribution in [3.05, 3.63) is 42.7 Å². The molecule has 10 heteroatoms. The van der Waals surface area contributed by atoms with Gasteiger partial charge in [-0.2, -0.15) is 12.7 Å². The summed E-state index contributed by atoms with van der Waals surface area (Å²) in [7, 11) is -0.458. The lowest BCUT2D eigenvalue weighted by Gasteiger charge is -2.36. The van der Waals surface area contributed by atoms with Gasteiger partial charge in [-0.3, -0.25) is 4.72 Å². The molecular weight excluding hydrogens is 438 g/mol. The second-order valence-corrected chi connectivity index (χ2v) is 11.0. The second kappa shape index (κ2) is 10.7. The van der Waals surface area contributed by atoms with Gasteiger partial charge >= 0.3 is 10.2 Å². The highest BCUT2D eigenvalue weighted by molar-refractivity contribution is 7.90. The van der Waals surface area contributed by atoms with Crippen LogP contribution in [0.3, 0.4) is 0 Å². The number of hydrogen-bond donors (Lipinski definition) is 2. The van der Waals surface area contributed by atoms with Crippen molar-refractivity contribution in [1.29, 1.82) is 0 Å². The number of hydrogen-bond acceptors (Lipinski definition) is 7. The fourth-order valence-corrected chi connectivity index (χ4v) is 5.14. The van der Waals surface area contributed by atoms with E-state index in [2.05, 4.69) is 29.8 Å². The van der Waals surface area contributed by atoms with Crippen LogP contribution < -0.4 is 19.8 Å². The van der Waals surface area contributed by atoms with Crippen LogP contribution in [0.1, 0.15) is 25.7 Å². The lowest BCUT2D eigenvalue weighted by atomic mass is 9.96. The summed E-state index contributed by atoms with van der Waals surface area (Å²) in [6.45, 7) is 5.08. The average molecular weight is 474 g/mol. The van der Waals surface area contributed by atoms with Gasteiger partial charge in [-0.15, -0.1) is 0 Å². The van der Waals surface area contributed by atoms with Gasteiger partial charge in [0.15, 0.2) is 0 Å². The minimum Gasteiger partial charge on any atom is -0.371 e. The average Bonchev–Trinajstić information content (AvgIpc) is 2.84. The SMILES string of the molecule is CN(C)S(=O)(=O)Nc1ccc(N2CCC(NC[C@@H]3CCCN(c4ncccn4)C3)CC2)cc1. The van der Waals surface area contributed by atoms with Gasteiger partial charge in [0.05, 0.1) is 0 Å². The number of nitrogens with one attached hydrogen (secondary N) is 2. The van der Waals surface area contributed by atoms with Crippen molar-refractivity contribution in [2.45, 2.75) is 31.7 Å². The molecule has 2 aliphatic heterocycles. The summed E-state index contributed by atoms with van der Waals surface area (Å²) in [5, 5.41) is 3.81. The third kappa shape index (κ3) is 6.33. The Morgan fingerprint density at radius 1 is 1.00 bits per heavy atom. The fraction of sp³-hybridized carbons (Fsp3) is 0.565. The van der Waals surface area contributed by atoms with E-state index >= 15 is 0 Å². The van der Waals surface area contributed by atoms with Crippen molar-refractivity contribution >= 4 is 27.5 Å². The van der Waals surface area contributed by atoms with Gasteiger partial charge in [-0.1, -0.05) is 0 Å². The Balaban J connectivity index is 1.21. The molecule has 0 bridgehead atoms. The molecule has 0 radical (unpaired) electrons. The van der Waals surface area contributed by atoms with Crippen molar-refractivity contribution in [3.8, 4) is 0 Å². The van der Waals surface area contributed by atoms with E-state index in [1.54, 1.807) is 0 Å². The molecule has 0 amide bonds. The minimum absolute atomic E-state index is 0.538. The molecule has 1 aromatic heterocycles. The standard InChI is InChI=1S/C23H35N7O2S/c1-28(2)33(31,32)27-21-6-8-22(9-7-21)29-15-10-20(11-16-29)26-17-19-5-3-14-30(18-19)23-24-12-4-13-25-23/h4,6-9,12-13,19-20,26-27H,3,5,10-11,14-18H2,1-2H3/t19-/m0/s1.